The highest BCUT2D eigenvalue weighted by Crippen LogP contribution is 2.32. The van der Waals surface area contributed by atoms with Crippen LogP contribution in [0.1, 0.15) is 53.4 Å². The lowest BCUT2D eigenvalue weighted by Gasteiger charge is -2.43. The van der Waals surface area contributed by atoms with Gasteiger partial charge in [0.05, 0.1) is 6.61 Å². The molecule has 0 aromatic heterocycles. The minimum atomic E-state index is -1.15. The third-order valence-corrected chi connectivity index (χ3v) is 5.86. The molecule has 34 heavy (non-hydrogen) atoms. The van der Waals surface area contributed by atoms with Crippen LogP contribution in [0.2, 0.25) is 0 Å². The van der Waals surface area contributed by atoms with E-state index in [1.165, 1.54) is 33.6 Å². The van der Waals surface area contributed by atoms with Crippen LogP contribution in [0.4, 0.5) is 0 Å². The fourth-order valence-corrected chi connectivity index (χ4v) is 4.25. The molecule has 0 radical (unpaired) electrons. The second-order valence-corrected chi connectivity index (χ2v) is 8.80. The number of hydrogen-bond donors (Lipinski definition) is 0. The van der Waals surface area contributed by atoms with Gasteiger partial charge in [-0.15, -0.1) is 0 Å². The van der Waals surface area contributed by atoms with Crippen molar-refractivity contribution in [3.8, 4) is 11.5 Å². The van der Waals surface area contributed by atoms with Gasteiger partial charge in [-0.2, -0.15) is 0 Å². The molecule has 1 aliphatic heterocycles. The standard InChI is InChI=1S/C24H33IO9/c1-5-6-7-8-13-29-18-9-11-19(12-10-18)33-24-23(32-17(4)28)22(31-16(3)27)21(30-15(2)26)20(14-25)34-24/h9-12,20-24H,5-8,13-14H2,1-4H3. The van der Waals surface area contributed by atoms with Gasteiger partial charge in [-0.05, 0) is 30.7 Å². The largest absolute Gasteiger partial charge is 0.494 e. The second-order valence-electron chi connectivity index (χ2n) is 7.92. The fraction of sp³-hybridized carbons (Fsp3) is 0.625. The number of esters is 3. The Kier molecular flexibility index (Phi) is 11.9. The monoisotopic (exact) mass is 592 g/mol. The maximum absolute atomic E-state index is 11.8. The summed E-state index contributed by atoms with van der Waals surface area (Å²) in [6, 6.07) is 6.99. The molecular formula is C24H33IO9. The number of hydrogen-bond acceptors (Lipinski definition) is 9. The highest BCUT2D eigenvalue weighted by Gasteiger charge is 2.52. The van der Waals surface area contributed by atoms with Crippen molar-refractivity contribution in [1.82, 2.24) is 0 Å². The highest BCUT2D eigenvalue weighted by molar-refractivity contribution is 14.1. The van der Waals surface area contributed by atoms with E-state index in [9.17, 15) is 14.4 Å². The summed E-state index contributed by atoms with van der Waals surface area (Å²) in [5.41, 5.74) is 0. The van der Waals surface area contributed by atoms with Gasteiger partial charge < -0.3 is 28.4 Å². The van der Waals surface area contributed by atoms with E-state index in [0.717, 1.165) is 12.8 Å². The molecule has 1 fully saturated rings. The molecule has 1 aromatic rings. The summed E-state index contributed by atoms with van der Waals surface area (Å²) >= 11 is 2.07. The average Bonchev–Trinajstić information content (AvgIpc) is 2.77. The van der Waals surface area contributed by atoms with Crippen molar-refractivity contribution in [1.29, 1.82) is 0 Å². The molecule has 9 nitrogen and oxygen atoms in total. The van der Waals surface area contributed by atoms with Crippen LogP contribution in [0, 0.1) is 0 Å². The van der Waals surface area contributed by atoms with E-state index >= 15 is 0 Å². The van der Waals surface area contributed by atoms with Crippen molar-refractivity contribution in [2.45, 2.75) is 84.1 Å². The normalized spacial score (nSPS) is 24.1. The van der Waals surface area contributed by atoms with Crippen LogP contribution < -0.4 is 9.47 Å². The van der Waals surface area contributed by atoms with Gasteiger partial charge in [0.25, 0.3) is 0 Å². The topological polar surface area (TPSA) is 107 Å². The Morgan fingerprint density at radius 1 is 0.824 bits per heavy atom. The van der Waals surface area contributed by atoms with Gasteiger partial charge in [0, 0.05) is 25.2 Å². The van der Waals surface area contributed by atoms with Crippen molar-refractivity contribution in [2.75, 3.05) is 11.0 Å². The smallest absolute Gasteiger partial charge is 0.303 e. The average molecular weight is 592 g/mol. The summed E-state index contributed by atoms with van der Waals surface area (Å²) in [6.07, 6.45) is -0.500. The quantitative estimate of drug-likeness (QED) is 0.117. The SMILES string of the molecule is CCCCCCOc1ccc(OC2OC(CI)C(OC(C)=O)C(OC(C)=O)C2OC(C)=O)cc1. The minimum absolute atomic E-state index is 0.408. The Bertz CT molecular complexity index is 798. The number of carbonyl (C=O) groups excluding carboxylic acids is 3. The van der Waals surface area contributed by atoms with E-state index < -0.39 is 48.6 Å². The predicted octanol–water partition coefficient (Wildman–Crippen LogP) is 3.98. The maximum atomic E-state index is 11.8. The Hall–Kier alpha value is -2.08. The predicted molar refractivity (Wildman–Crippen MR) is 131 cm³/mol. The number of ether oxygens (including phenoxy) is 6. The van der Waals surface area contributed by atoms with Crippen molar-refractivity contribution >= 4 is 40.5 Å². The molecule has 0 bridgehead atoms. The van der Waals surface area contributed by atoms with E-state index in [4.69, 9.17) is 28.4 Å². The molecule has 5 unspecified atom stereocenters. The van der Waals surface area contributed by atoms with E-state index in [0.29, 0.717) is 22.5 Å². The summed E-state index contributed by atoms with van der Waals surface area (Å²) in [4.78, 5) is 35.3. The molecule has 0 N–H and O–H groups in total. The molecule has 1 saturated heterocycles. The van der Waals surface area contributed by atoms with Gasteiger partial charge in [-0.3, -0.25) is 14.4 Å². The Labute approximate surface area is 213 Å². The van der Waals surface area contributed by atoms with Gasteiger partial charge in [0.15, 0.2) is 12.2 Å². The number of carbonyl (C=O) groups is 3. The number of unbranched alkanes of at least 4 members (excludes halogenated alkanes) is 3. The first-order valence-electron chi connectivity index (χ1n) is 11.4. The van der Waals surface area contributed by atoms with Gasteiger partial charge in [-0.25, -0.2) is 0 Å². The molecular weight excluding hydrogens is 559 g/mol. The lowest BCUT2D eigenvalue weighted by Crippen LogP contribution is -2.63. The van der Waals surface area contributed by atoms with Gasteiger partial charge in [0.1, 0.15) is 17.6 Å². The lowest BCUT2D eigenvalue weighted by molar-refractivity contribution is -0.279. The lowest BCUT2D eigenvalue weighted by atomic mass is 9.99. The minimum Gasteiger partial charge on any atom is -0.494 e. The van der Waals surface area contributed by atoms with Crippen molar-refractivity contribution < 1.29 is 42.8 Å². The third-order valence-electron chi connectivity index (χ3n) is 4.99. The number of rotatable bonds is 12. The zero-order valence-corrected chi connectivity index (χ0v) is 22.1. The van der Waals surface area contributed by atoms with Crippen LogP contribution in [0.25, 0.3) is 0 Å². The van der Waals surface area contributed by atoms with Gasteiger partial charge in [-0.1, -0.05) is 48.8 Å². The first kappa shape index (κ1) is 28.2. The molecule has 0 aliphatic carbocycles. The summed E-state index contributed by atoms with van der Waals surface area (Å²) in [5, 5.41) is 0. The molecule has 1 aromatic carbocycles. The highest BCUT2D eigenvalue weighted by atomic mass is 127. The summed E-state index contributed by atoms with van der Waals surface area (Å²) < 4.78 is 34.4. The summed E-state index contributed by atoms with van der Waals surface area (Å²) in [6.45, 7) is 6.49. The summed E-state index contributed by atoms with van der Waals surface area (Å²) in [7, 11) is 0. The first-order chi connectivity index (χ1) is 16.2. The molecule has 0 spiro atoms. The van der Waals surface area contributed by atoms with Crippen molar-refractivity contribution in [2.24, 2.45) is 0 Å². The molecule has 1 heterocycles. The van der Waals surface area contributed by atoms with E-state index in [2.05, 4.69) is 29.5 Å². The van der Waals surface area contributed by atoms with Gasteiger partial charge >= 0.3 is 17.9 Å². The van der Waals surface area contributed by atoms with E-state index in [1.807, 2.05) is 0 Å². The third kappa shape index (κ3) is 8.94. The fourth-order valence-electron chi connectivity index (χ4n) is 3.54. The molecule has 10 heteroatoms. The molecule has 5 atom stereocenters. The second kappa shape index (κ2) is 14.3. The summed E-state index contributed by atoms with van der Waals surface area (Å²) in [5.74, 6) is -0.664. The van der Waals surface area contributed by atoms with E-state index in [1.54, 1.807) is 24.3 Å². The molecule has 2 rings (SSSR count). The van der Waals surface area contributed by atoms with Crippen LogP contribution in [0.5, 0.6) is 11.5 Å². The zero-order chi connectivity index (χ0) is 25.1. The van der Waals surface area contributed by atoms with Crippen molar-refractivity contribution in [3.63, 3.8) is 0 Å². The number of benzene rings is 1. The Morgan fingerprint density at radius 3 is 1.94 bits per heavy atom. The van der Waals surface area contributed by atoms with E-state index in [-0.39, 0.29) is 0 Å². The van der Waals surface area contributed by atoms with Gasteiger partial charge in [0.2, 0.25) is 12.4 Å². The molecule has 0 amide bonds. The van der Waals surface area contributed by atoms with Crippen LogP contribution in [-0.2, 0) is 33.3 Å². The molecule has 190 valence electrons. The Morgan fingerprint density at radius 2 is 1.38 bits per heavy atom. The zero-order valence-electron chi connectivity index (χ0n) is 20.0. The van der Waals surface area contributed by atoms with Crippen LogP contribution in [0.15, 0.2) is 24.3 Å². The van der Waals surface area contributed by atoms with Crippen LogP contribution in [0.3, 0.4) is 0 Å². The number of halogens is 1. The molecule has 1 aliphatic rings. The Balaban J connectivity index is 2.18. The number of alkyl halides is 1. The molecule has 0 saturated carbocycles. The first-order valence-corrected chi connectivity index (χ1v) is 12.9. The van der Waals surface area contributed by atoms with Crippen LogP contribution >= 0.6 is 22.6 Å². The van der Waals surface area contributed by atoms with Crippen LogP contribution in [-0.4, -0.2) is 59.6 Å². The van der Waals surface area contributed by atoms with Crippen molar-refractivity contribution in [3.05, 3.63) is 24.3 Å². The maximum Gasteiger partial charge on any atom is 0.303 e.